The third-order valence-corrected chi connectivity index (χ3v) is 4.43. The van der Waals surface area contributed by atoms with Crippen LogP contribution in [-0.4, -0.2) is 28.5 Å². The molecule has 0 unspecified atom stereocenters. The zero-order valence-electron chi connectivity index (χ0n) is 10.4. The Bertz CT molecular complexity index is 535. The first-order chi connectivity index (χ1) is 9.27. The number of aliphatic hydroxyl groups is 1. The quantitative estimate of drug-likeness (QED) is 0.938. The lowest BCUT2D eigenvalue weighted by molar-refractivity contribution is 0.0470. The first-order valence-corrected chi connectivity index (χ1v) is 7.21. The molecule has 1 saturated heterocycles. The maximum absolute atomic E-state index is 12.3. The Kier molecular flexibility index (Phi) is 3.40. The Labute approximate surface area is 115 Å². The molecule has 0 bridgehead atoms. The zero-order chi connectivity index (χ0) is 13.2. The van der Waals surface area contributed by atoms with E-state index in [4.69, 9.17) is 4.42 Å². The van der Waals surface area contributed by atoms with Gasteiger partial charge in [-0.2, -0.15) is 0 Å². The normalized spacial score (nSPS) is 20.7. The molecule has 1 N–H and O–H groups in total. The predicted molar refractivity (Wildman–Crippen MR) is 72.0 cm³/mol. The van der Waals surface area contributed by atoms with Crippen LogP contribution in [0.5, 0.6) is 0 Å². The molecule has 1 aliphatic heterocycles. The lowest BCUT2D eigenvalue weighted by atomic mass is 10.1. The van der Waals surface area contributed by atoms with Gasteiger partial charge < -0.3 is 14.4 Å². The number of thiophene rings is 1. The van der Waals surface area contributed by atoms with Gasteiger partial charge in [-0.05, 0) is 36.4 Å². The molecular weight excluding hydrogens is 262 g/mol. The summed E-state index contributed by atoms with van der Waals surface area (Å²) in [6.45, 7) is 0.673. The van der Waals surface area contributed by atoms with E-state index < -0.39 is 6.10 Å². The first kappa shape index (κ1) is 12.4. The van der Waals surface area contributed by atoms with Crippen molar-refractivity contribution in [2.45, 2.75) is 25.0 Å². The number of nitrogens with zero attached hydrogens (tertiary/aromatic N) is 1. The van der Waals surface area contributed by atoms with Gasteiger partial charge in [0, 0.05) is 11.4 Å². The van der Waals surface area contributed by atoms with Gasteiger partial charge in [0.05, 0.1) is 12.3 Å². The zero-order valence-corrected chi connectivity index (χ0v) is 11.2. The largest absolute Gasteiger partial charge is 0.459 e. The minimum Gasteiger partial charge on any atom is -0.459 e. The highest BCUT2D eigenvalue weighted by Gasteiger charge is 2.36. The molecule has 5 heteroatoms. The summed E-state index contributed by atoms with van der Waals surface area (Å²) >= 11 is 1.52. The SMILES string of the molecule is O=C(c1ccco1)N1CCC[C@@H]1[C@@H](O)c1cccs1. The smallest absolute Gasteiger partial charge is 0.289 e. The highest BCUT2D eigenvalue weighted by Crippen LogP contribution is 2.32. The maximum atomic E-state index is 12.3. The third kappa shape index (κ3) is 2.31. The van der Waals surface area contributed by atoms with Gasteiger partial charge in [0.25, 0.3) is 5.91 Å². The third-order valence-electron chi connectivity index (χ3n) is 3.49. The molecule has 4 nitrogen and oxygen atoms in total. The molecule has 0 spiro atoms. The molecule has 1 fully saturated rings. The standard InChI is InChI=1S/C14H15NO3S/c16-13(12-6-3-9-19-12)10-4-1-7-15(10)14(17)11-5-2-8-18-11/h2-3,5-6,8-10,13,16H,1,4,7H2/t10-,13-/m1/s1. The van der Waals surface area contributed by atoms with Crippen LogP contribution in [0.1, 0.15) is 34.4 Å². The van der Waals surface area contributed by atoms with E-state index in [1.165, 1.54) is 17.6 Å². The molecule has 1 amide bonds. The lowest BCUT2D eigenvalue weighted by Gasteiger charge is -2.27. The van der Waals surface area contributed by atoms with Gasteiger partial charge in [-0.25, -0.2) is 0 Å². The fraction of sp³-hybridized carbons (Fsp3) is 0.357. The molecule has 100 valence electrons. The number of carbonyl (C=O) groups excluding carboxylic acids is 1. The molecule has 1 aliphatic rings. The monoisotopic (exact) mass is 277 g/mol. The highest BCUT2D eigenvalue weighted by molar-refractivity contribution is 7.10. The molecule has 0 saturated carbocycles. The fourth-order valence-corrected chi connectivity index (χ4v) is 3.33. The van der Waals surface area contributed by atoms with Crippen molar-refractivity contribution in [2.75, 3.05) is 6.54 Å². The number of rotatable bonds is 3. The summed E-state index contributed by atoms with van der Waals surface area (Å²) in [4.78, 5) is 14.9. The minimum absolute atomic E-state index is 0.136. The number of likely N-dealkylation sites (tertiary alicyclic amines) is 1. The van der Waals surface area contributed by atoms with Crippen molar-refractivity contribution in [3.05, 3.63) is 46.5 Å². The lowest BCUT2D eigenvalue weighted by Crippen LogP contribution is -2.38. The van der Waals surface area contributed by atoms with Crippen LogP contribution in [0.15, 0.2) is 40.3 Å². The molecule has 2 atom stereocenters. The maximum Gasteiger partial charge on any atom is 0.289 e. The second-order valence-corrected chi connectivity index (χ2v) is 5.62. The van der Waals surface area contributed by atoms with Crippen LogP contribution >= 0.6 is 11.3 Å². The first-order valence-electron chi connectivity index (χ1n) is 6.33. The topological polar surface area (TPSA) is 53.7 Å². The minimum atomic E-state index is -0.610. The van der Waals surface area contributed by atoms with Crippen LogP contribution in [0.2, 0.25) is 0 Å². The predicted octanol–water partition coefficient (Wildman–Crippen LogP) is 2.68. The second kappa shape index (κ2) is 5.19. The van der Waals surface area contributed by atoms with Gasteiger partial charge >= 0.3 is 0 Å². The van der Waals surface area contributed by atoms with E-state index in [-0.39, 0.29) is 11.9 Å². The Morgan fingerprint density at radius 2 is 2.37 bits per heavy atom. The fourth-order valence-electron chi connectivity index (χ4n) is 2.56. The molecule has 0 aromatic carbocycles. The summed E-state index contributed by atoms with van der Waals surface area (Å²) in [5.74, 6) is 0.202. The molecular formula is C14H15NO3S. The number of amides is 1. The molecule has 0 radical (unpaired) electrons. The molecule has 3 heterocycles. The van der Waals surface area contributed by atoms with Crippen LogP contribution in [0.4, 0.5) is 0 Å². The van der Waals surface area contributed by atoms with Gasteiger partial charge in [-0.15, -0.1) is 11.3 Å². The van der Waals surface area contributed by atoms with Crippen molar-refractivity contribution in [1.29, 1.82) is 0 Å². The van der Waals surface area contributed by atoms with Crippen LogP contribution in [0.25, 0.3) is 0 Å². The van der Waals surface area contributed by atoms with Gasteiger partial charge in [0.1, 0.15) is 6.10 Å². The van der Waals surface area contributed by atoms with Gasteiger partial charge in [-0.1, -0.05) is 6.07 Å². The van der Waals surface area contributed by atoms with Crippen molar-refractivity contribution < 1.29 is 14.3 Å². The van der Waals surface area contributed by atoms with Gasteiger partial charge in [0.15, 0.2) is 5.76 Å². The number of furan rings is 1. The van der Waals surface area contributed by atoms with Crippen molar-refractivity contribution >= 4 is 17.2 Å². The highest BCUT2D eigenvalue weighted by atomic mass is 32.1. The van der Waals surface area contributed by atoms with Crippen LogP contribution in [-0.2, 0) is 0 Å². The van der Waals surface area contributed by atoms with E-state index in [1.54, 1.807) is 17.0 Å². The molecule has 2 aromatic rings. The average Bonchev–Trinajstić information content (AvgIpc) is 3.16. The molecule has 0 aliphatic carbocycles. The number of aliphatic hydroxyl groups excluding tert-OH is 1. The van der Waals surface area contributed by atoms with Crippen molar-refractivity contribution in [1.82, 2.24) is 4.90 Å². The number of hydrogen-bond donors (Lipinski definition) is 1. The summed E-state index contributed by atoms with van der Waals surface area (Å²) in [6.07, 6.45) is 2.63. The number of carbonyl (C=O) groups is 1. The van der Waals surface area contributed by atoms with E-state index in [1.807, 2.05) is 17.5 Å². The Hall–Kier alpha value is -1.59. The number of hydrogen-bond acceptors (Lipinski definition) is 4. The summed E-state index contributed by atoms with van der Waals surface area (Å²) in [5.41, 5.74) is 0. The van der Waals surface area contributed by atoms with E-state index in [2.05, 4.69) is 0 Å². The molecule has 2 aromatic heterocycles. The summed E-state index contributed by atoms with van der Waals surface area (Å²) in [6, 6.07) is 7.03. The van der Waals surface area contributed by atoms with E-state index in [0.717, 1.165) is 17.7 Å². The Morgan fingerprint density at radius 3 is 3.05 bits per heavy atom. The van der Waals surface area contributed by atoms with E-state index in [9.17, 15) is 9.90 Å². The van der Waals surface area contributed by atoms with E-state index >= 15 is 0 Å². The average molecular weight is 277 g/mol. The van der Waals surface area contributed by atoms with Crippen molar-refractivity contribution in [3.8, 4) is 0 Å². The van der Waals surface area contributed by atoms with Crippen molar-refractivity contribution in [2.24, 2.45) is 0 Å². The summed E-state index contributed by atoms with van der Waals surface area (Å²) in [7, 11) is 0. The van der Waals surface area contributed by atoms with Crippen LogP contribution in [0, 0.1) is 0 Å². The molecule has 19 heavy (non-hydrogen) atoms. The Balaban J connectivity index is 1.80. The van der Waals surface area contributed by atoms with Crippen molar-refractivity contribution in [3.63, 3.8) is 0 Å². The second-order valence-electron chi connectivity index (χ2n) is 4.65. The van der Waals surface area contributed by atoms with Crippen LogP contribution < -0.4 is 0 Å². The van der Waals surface area contributed by atoms with E-state index in [0.29, 0.717) is 12.3 Å². The molecule has 3 rings (SSSR count). The summed E-state index contributed by atoms with van der Waals surface area (Å²) < 4.78 is 5.16. The Morgan fingerprint density at radius 1 is 1.47 bits per heavy atom. The summed E-state index contributed by atoms with van der Waals surface area (Å²) in [5, 5.41) is 12.3. The van der Waals surface area contributed by atoms with Gasteiger partial charge in [-0.3, -0.25) is 4.79 Å². The van der Waals surface area contributed by atoms with Crippen LogP contribution in [0.3, 0.4) is 0 Å². The van der Waals surface area contributed by atoms with Gasteiger partial charge in [0.2, 0.25) is 0 Å².